The van der Waals surface area contributed by atoms with Crippen LogP contribution in [0.25, 0.3) is 0 Å². The molecule has 0 aliphatic carbocycles. The number of aryl methyl sites for hydroxylation is 1. The van der Waals surface area contributed by atoms with Crippen molar-refractivity contribution in [2.45, 2.75) is 13.3 Å². The molecule has 0 aliphatic heterocycles. The Kier molecular flexibility index (Phi) is 3.83. The van der Waals surface area contributed by atoms with E-state index in [9.17, 15) is 4.79 Å². The van der Waals surface area contributed by atoms with Crippen molar-refractivity contribution < 1.29 is 9.21 Å². The smallest absolute Gasteiger partial charge is 0.254 e. The average molecular weight is 202 g/mol. The second kappa shape index (κ2) is 4.92. The first-order chi connectivity index (χ1) is 6.24. The van der Waals surface area contributed by atoms with Crippen LogP contribution in [-0.4, -0.2) is 18.3 Å². The molecule has 3 nitrogen and oxygen atoms in total. The molecule has 0 unspecified atom stereocenters. The largest absolute Gasteiger partial charge is 0.469 e. The van der Waals surface area contributed by atoms with Gasteiger partial charge in [-0.25, -0.2) is 0 Å². The van der Waals surface area contributed by atoms with Gasteiger partial charge in [0.1, 0.15) is 12.0 Å². The van der Waals surface area contributed by atoms with Gasteiger partial charge in [-0.15, -0.1) is 11.6 Å². The summed E-state index contributed by atoms with van der Waals surface area (Å²) in [6.07, 6.45) is 2.23. The predicted octanol–water partition coefficient (Wildman–Crippen LogP) is 1.95. The number of alkyl halides is 1. The summed E-state index contributed by atoms with van der Waals surface area (Å²) in [7, 11) is 0. The van der Waals surface area contributed by atoms with Crippen LogP contribution in [0.3, 0.4) is 0 Å². The number of carbonyl (C=O) groups excluding carboxylic acids is 1. The van der Waals surface area contributed by atoms with E-state index in [0.717, 1.165) is 12.2 Å². The van der Waals surface area contributed by atoms with Crippen molar-refractivity contribution in [3.8, 4) is 0 Å². The second-order valence-electron chi connectivity index (χ2n) is 2.74. The molecule has 1 heterocycles. The van der Waals surface area contributed by atoms with Gasteiger partial charge in [0.05, 0.1) is 5.56 Å². The summed E-state index contributed by atoms with van der Waals surface area (Å²) in [6, 6.07) is 1.70. The Bertz CT molecular complexity index is 283. The summed E-state index contributed by atoms with van der Waals surface area (Å²) in [5.41, 5.74) is 0.562. The van der Waals surface area contributed by atoms with Gasteiger partial charge in [0.15, 0.2) is 0 Å². The van der Waals surface area contributed by atoms with E-state index in [1.54, 1.807) is 13.0 Å². The number of nitrogens with one attached hydrogen (secondary N) is 1. The van der Waals surface area contributed by atoms with Gasteiger partial charge in [0.2, 0.25) is 0 Å². The lowest BCUT2D eigenvalue weighted by molar-refractivity contribution is 0.0953. The van der Waals surface area contributed by atoms with Crippen LogP contribution in [-0.2, 0) is 0 Å². The third kappa shape index (κ3) is 3.11. The van der Waals surface area contributed by atoms with Crippen molar-refractivity contribution in [1.82, 2.24) is 5.32 Å². The Morgan fingerprint density at radius 2 is 2.46 bits per heavy atom. The molecule has 0 saturated heterocycles. The first kappa shape index (κ1) is 10.1. The van der Waals surface area contributed by atoms with E-state index in [1.807, 2.05) is 0 Å². The second-order valence-corrected chi connectivity index (χ2v) is 3.12. The summed E-state index contributed by atoms with van der Waals surface area (Å²) in [5.74, 6) is 1.19. The summed E-state index contributed by atoms with van der Waals surface area (Å²) in [6.45, 7) is 2.40. The molecule has 1 N–H and O–H groups in total. The van der Waals surface area contributed by atoms with Crippen LogP contribution in [0.5, 0.6) is 0 Å². The lowest BCUT2D eigenvalue weighted by Crippen LogP contribution is -2.24. The maximum absolute atomic E-state index is 11.3. The zero-order valence-corrected chi connectivity index (χ0v) is 8.23. The molecule has 0 aromatic carbocycles. The molecule has 0 atom stereocenters. The predicted molar refractivity (Wildman–Crippen MR) is 51.1 cm³/mol. The summed E-state index contributed by atoms with van der Waals surface area (Å²) in [5, 5.41) is 2.73. The van der Waals surface area contributed by atoms with Crippen molar-refractivity contribution in [1.29, 1.82) is 0 Å². The molecule has 0 aliphatic rings. The molecule has 0 radical (unpaired) electrons. The van der Waals surface area contributed by atoms with Gasteiger partial charge in [-0.05, 0) is 19.4 Å². The van der Waals surface area contributed by atoms with Crippen molar-refractivity contribution in [3.05, 3.63) is 23.7 Å². The third-order valence-electron chi connectivity index (χ3n) is 1.59. The van der Waals surface area contributed by atoms with E-state index in [1.165, 1.54) is 6.26 Å². The lowest BCUT2D eigenvalue weighted by Gasteiger charge is -1.99. The van der Waals surface area contributed by atoms with Crippen molar-refractivity contribution in [2.75, 3.05) is 12.4 Å². The Balaban J connectivity index is 2.40. The fourth-order valence-corrected chi connectivity index (χ4v) is 1.07. The van der Waals surface area contributed by atoms with Crippen LogP contribution in [0.4, 0.5) is 0 Å². The average Bonchev–Trinajstić information content (AvgIpc) is 2.52. The van der Waals surface area contributed by atoms with Gasteiger partial charge < -0.3 is 9.73 Å². The number of carbonyl (C=O) groups is 1. The highest BCUT2D eigenvalue weighted by molar-refractivity contribution is 6.17. The summed E-state index contributed by atoms with van der Waals surface area (Å²) < 4.78 is 5.01. The van der Waals surface area contributed by atoms with Crippen molar-refractivity contribution in [3.63, 3.8) is 0 Å². The highest BCUT2D eigenvalue weighted by atomic mass is 35.5. The topological polar surface area (TPSA) is 42.2 Å². The van der Waals surface area contributed by atoms with E-state index in [4.69, 9.17) is 16.0 Å². The quantitative estimate of drug-likeness (QED) is 0.598. The molecular weight excluding hydrogens is 190 g/mol. The molecule has 13 heavy (non-hydrogen) atoms. The number of hydrogen-bond donors (Lipinski definition) is 1. The van der Waals surface area contributed by atoms with E-state index in [-0.39, 0.29) is 5.91 Å². The standard InChI is InChI=1S/C9H12ClNO2/c1-7-5-8(6-13-7)9(12)11-4-2-3-10/h5-6H,2-4H2,1H3,(H,11,12). The Labute approximate surface area is 82.1 Å². The van der Waals surface area contributed by atoms with Crippen LogP contribution in [0.1, 0.15) is 22.5 Å². The van der Waals surface area contributed by atoms with Gasteiger partial charge in [0, 0.05) is 12.4 Å². The normalized spacial score (nSPS) is 10.0. The first-order valence-corrected chi connectivity index (χ1v) is 4.67. The van der Waals surface area contributed by atoms with Crippen LogP contribution < -0.4 is 5.32 Å². The maximum Gasteiger partial charge on any atom is 0.254 e. The van der Waals surface area contributed by atoms with Gasteiger partial charge in [-0.3, -0.25) is 4.79 Å². The Morgan fingerprint density at radius 3 is 3.00 bits per heavy atom. The minimum Gasteiger partial charge on any atom is -0.469 e. The van der Waals surface area contributed by atoms with Crippen LogP contribution >= 0.6 is 11.6 Å². The minimum atomic E-state index is -0.109. The summed E-state index contributed by atoms with van der Waals surface area (Å²) in [4.78, 5) is 11.3. The monoisotopic (exact) mass is 201 g/mol. The van der Waals surface area contributed by atoms with Gasteiger partial charge >= 0.3 is 0 Å². The number of rotatable bonds is 4. The highest BCUT2D eigenvalue weighted by Gasteiger charge is 2.06. The molecule has 0 saturated carbocycles. The highest BCUT2D eigenvalue weighted by Crippen LogP contribution is 2.05. The molecule has 0 spiro atoms. The Morgan fingerprint density at radius 1 is 1.69 bits per heavy atom. The Hall–Kier alpha value is -0.960. The molecule has 1 aromatic heterocycles. The first-order valence-electron chi connectivity index (χ1n) is 4.13. The van der Waals surface area contributed by atoms with Crippen LogP contribution in [0.15, 0.2) is 16.7 Å². The molecule has 0 bridgehead atoms. The maximum atomic E-state index is 11.3. The fraction of sp³-hybridized carbons (Fsp3) is 0.444. The zero-order valence-electron chi connectivity index (χ0n) is 7.47. The van der Waals surface area contributed by atoms with E-state index in [0.29, 0.717) is 18.0 Å². The molecule has 0 fully saturated rings. The number of amides is 1. The zero-order chi connectivity index (χ0) is 9.68. The van der Waals surface area contributed by atoms with Crippen molar-refractivity contribution in [2.24, 2.45) is 0 Å². The van der Waals surface area contributed by atoms with E-state index < -0.39 is 0 Å². The van der Waals surface area contributed by atoms with Crippen LogP contribution in [0.2, 0.25) is 0 Å². The number of halogens is 1. The lowest BCUT2D eigenvalue weighted by atomic mass is 10.3. The summed E-state index contributed by atoms with van der Waals surface area (Å²) >= 11 is 5.47. The number of furan rings is 1. The molecule has 1 rings (SSSR count). The van der Waals surface area contributed by atoms with E-state index >= 15 is 0 Å². The van der Waals surface area contributed by atoms with E-state index in [2.05, 4.69) is 5.32 Å². The van der Waals surface area contributed by atoms with Gasteiger partial charge in [0.25, 0.3) is 5.91 Å². The third-order valence-corrected chi connectivity index (χ3v) is 1.86. The number of hydrogen-bond acceptors (Lipinski definition) is 2. The van der Waals surface area contributed by atoms with Gasteiger partial charge in [-0.1, -0.05) is 0 Å². The molecular formula is C9H12ClNO2. The van der Waals surface area contributed by atoms with Gasteiger partial charge in [-0.2, -0.15) is 0 Å². The molecule has 1 amide bonds. The molecule has 4 heteroatoms. The molecule has 72 valence electrons. The molecule has 1 aromatic rings. The fourth-order valence-electron chi connectivity index (χ4n) is 0.933. The van der Waals surface area contributed by atoms with Crippen LogP contribution in [0, 0.1) is 6.92 Å². The minimum absolute atomic E-state index is 0.109. The van der Waals surface area contributed by atoms with Crippen molar-refractivity contribution >= 4 is 17.5 Å². The SMILES string of the molecule is Cc1cc(C(=O)NCCCCl)co1.